The molecule has 0 saturated heterocycles. The number of nitrogens with one attached hydrogen (secondary N) is 2. The molecule has 0 aromatic heterocycles. The number of anilines is 2. The summed E-state index contributed by atoms with van der Waals surface area (Å²) in [7, 11) is 0. The van der Waals surface area contributed by atoms with Gasteiger partial charge >= 0.3 is 0 Å². The van der Waals surface area contributed by atoms with Crippen molar-refractivity contribution >= 4 is 23.2 Å². The highest BCUT2D eigenvalue weighted by Crippen LogP contribution is 2.17. The molecule has 5 heteroatoms. The molecule has 1 atom stereocenters. The zero-order valence-corrected chi connectivity index (χ0v) is 14.1. The Morgan fingerprint density at radius 2 is 1.50 bits per heavy atom. The third-order valence-corrected chi connectivity index (χ3v) is 3.49. The molecule has 126 valence electrons. The zero-order valence-electron chi connectivity index (χ0n) is 14.1. The third kappa shape index (κ3) is 5.12. The summed E-state index contributed by atoms with van der Waals surface area (Å²) in [5.74, 6) is 0.421. The molecule has 2 amide bonds. The van der Waals surface area contributed by atoms with Gasteiger partial charge in [-0.15, -0.1) is 0 Å². The minimum absolute atomic E-state index is 0.133. The van der Waals surface area contributed by atoms with E-state index in [1.165, 1.54) is 6.92 Å². The zero-order chi connectivity index (χ0) is 17.5. The van der Waals surface area contributed by atoms with Gasteiger partial charge in [0.2, 0.25) is 5.91 Å². The monoisotopic (exact) mass is 326 g/mol. The minimum Gasteiger partial charge on any atom is -0.491 e. The van der Waals surface area contributed by atoms with Crippen molar-refractivity contribution in [3.05, 3.63) is 54.1 Å². The molecule has 0 heterocycles. The molecule has 0 spiro atoms. The van der Waals surface area contributed by atoms with Gasteiger partial charge in [0.1, 0.15) is 5.75 Å². The van der Waals surface area contributed by atoms with Gasteiger partial charge in [-0.2, -0.15) is 0 Å². The summed E-state index contributed by atoms with van der Waals surface area (Å²) >= 11 is 0. The van der Waals surface area contributed by atoms with Gasteiger partial charge in [0, 0.05) is 23.9 Å². The van der Waals surface area contributed by atoms with Gasteiger partial charge in [-0.1, -0.05) is 6.92 Å². The molecule has 2 N–H and O–H groups in total. The van der Waals surface area contributed by atoms with Gasteiger partial charge in [0.25, 0.3) is 5.91 Å². The molecule has 2 aromatic rings. The van der Waals surface area contributed by atoms with E-state index in [2.05, 4.69) is 17.6 Å². The van der Waals surface area contributed by atoms with Crippen LogP contribution in [0, 0.1) is 0 Å². The maximum atomic E-state index is 12.2. The number of hydrogen-bond donors (Lipinski definition) is 2. The Bertz CT molecular complexity index is 694. The van der Waals surface area contributed by atoms with Crippen molar-refractivity contribution in [3.63, 3.8) is 0 Å². The average Bonchev–Trinajstić information content (AvgIpc) is 2.56. The highest BCUT2D eigenvalue weighted by molar-refractivity contribution is 6.04. The van der Waals surface area contributed by atoms with Gasteiger partial charge in [-0.25, -0.2) is 0 Å². The molecular formula is C19H22N2O3. The second kappa shape index (κ2) is 8.15. The van der Waals surface area contributed by atoms with Crippen molar-refractivity contribution in [2.75, 3.05) is 10.6 Å². The van der Waals surface area contributed by atoms with E-state index in [1.807, 2.05) is 6.92 Å². The van der Waals surface area contributed by atoms with Crippen LogP contribution in [0.3, 0.4) is 0 Å². The Kier molecular flexibility index (Phi) is 5.95. The number of rotatable bonds is 6. The van der Waals surface area contributed by atoms with Crippen LogP contribution in [-0.4, -0.2) is 17.9 Å². The van der Waals surface area contributed by atoms with E-state index >= 15 is 0 Å². The van der Waals surface area contributed by atoms with E-state index in [9.17, 15) is 9.59 Å². The number of benzene rings is 2. The molecule has 0 fully saturated rings. The molecular weight excluding hydrogens is 304 g/mol. The van der Waals surface area contributed by atoms with Gasteiger partial charge in [0.15, 0.2) is 0 Å². The minimum atomic E-state index is -0.197. The van der Waals surface area contributed by atoms with E-state index in [0.717, 1.165) is 12.2 Å². The maximum absolute atomic E-state index is 12.2. The lowest BCUT2D eigenvalue weighted by atomic mass is 10.2. The predicted molar refractivity (Wildman–Crippen MR) is 95.5 cm³/mol. The molecule has 2 rings (SSSR count). The second-order valence-electron chi connectivity index (χ2n) is 5.57. The Morgan fingerprint density at radius 1 is 0.958 bits per heavy atom. The molecule has 0 saturated carbocycles. The van der Waals surface area contributed by atoms with Gasteiger partial charge < -0.3 is 15.4 Å². The molecule has 0 aliphatic heterocycles. The molecule has 2 aromatic carbocycles. The summed E-state index contributed by atoms with van der Waals surface area (Å²) in [6.45, 7) is 5.51. The lowest BCUT2D eigenvalue weighted by Gasteiger charge is -2.12. The number of ether oxygens (including phenoxy) is 1. The summed E-state index contributed by atoms with van der Waals surface area (Å²) in [4.78, 5) is 23.2. The topological polar surface area (TPSA) is 67.4 Å². The lowest BCUT2D eigenvalue weighted by Crippen LogP contribution is -2.13. The van der Waals surface area contributed by atoms with Crippen LogP contribution in [0.25, 0.3) is 0 Å². The third-order valence-electron chi connectivity index (χ3n) is 3.49. The van der Waals surface area contributed by atoms with Crippen LogP contribution >= 0.6 is 0 Å². The van der Waals surface area contributed by atoms with Gasteiger partial charge in [0.05, 0.1) is 6.10 Å². The SMILES string of the molecule is CCC(C)Oc1ccc(C(=O)Nc2ccc(NC(C)=O)cc2)cc1. The highest BCUT2D eigenvalue weighted by Gasteiger charge is 2.07. The summed E-state index contributed by atoms with van der Waals surface area (Å²) in [5.41, 5.74) is 1.90. The van der Waals surface area contributed by atoms with Crippen LogP contribution < -0.4 is 15.4 Å². The quantitative estimate of drug-likeness (QED) is 0.840. The van der Waals surface area contributed by atoms with Crippen LogP contribution in [0.4, 0.5) is 11.4 Å². The van der Waals surface area contributed by atoms with Crippen molar-refractivity contribution in [2.24, 2.45) is 0 Å². The average molecular weight is 326 g/mol. The second-order valence-corrected chi connectivity index (χ2v) is 5.57. The van der Waals surface area contributed by atoms with Crippen LogP contribution in [0.5, 0.6) is 5.75 Å². The Balaban J connectivity index is 1.97. The number of hydrogen-bond acceptors (Lipinski definition) is 3. The molecule has 0 bridgehead atoms. The smallest absolute Gasteiger partial charge is 0.255 e. The number of carbonyl (C=O) groups excluding carboxylic acids is 2. The van der Waals surface area contributed by atoms with Gasteiger partial charge in [-0.3, -0.25) is 9.59 Å². The summed E-state index contributed by atoms with van der Waals surface area (Å²) in [5, 5.41) is 5.50. The van der Waals surface area contributed by atoms with E-state index in [4.69, 9.17) is 4.74 Å². The van der Waals surface area contributed by atoms with Crippen molar-refractivity contribution in [3.8, 4) is 5.75 Å². The van der Waals surface area contributed by atoms with Crippen LogP contribution in [-0.2, 0) is 4.79 Å². The van der Waals surface area contributed by atoms with Crippen molar-refractivity contribution in [2.45, 2.75) is 33.3 Å². The van der Waals surface area contributed by atoms with Crippen LogP contribution in [0.2, 0.25) is 0 Å². The van der Waals surface area contributed by atoms with E-state index in [-0.39, 0.29) is 17.9 Å². The standard InChI is InChI=1S/C19H22N2O3/c1-4-13(2)24-18-11-5-15(6-12-18)19(23)21-17-9-7-16(8-10-17)20-14(3)22/h5-13H,4H2,1-3H3,(H,20,22)(H,21,23). The fourth-order valence-corrected chi connectivity index (χ4v) is 2.04. The molecule has 0 aliphatic rings. The lowest BCUT2D eigenvalue weighted by molar-refractivity contribution is -0.114. The van der Waals surface area contributed by atoms with E-state index in [1.54, 1.807) is 48.5 Å². The molecule has 5 nitrogen and oxygen atoms in total. The first-order valence-electron chi connectivity index (χ1n) is 7.93. The number of amides is 2. The van der Waals surface area contributed by atoms with Crippen molar-refractivity contribution in [1.29, 1.82) is 0 Å². The first kappa shape index (κ1) is 17.5. The molecule has 24 heavy (non-hydrogen) atoms. The fourth-order valence-electron chi connectivity index (χ4n) is 2.04. The number of carbonyl (C=O) groups is 2. The molecule has 0 aliphatic carbocycles. The van der Waals surface area contributed by atoms with Crippen molar-refractivity contribution in [1.82, 2.24) is 0 Å². The van der Waals surface area contributed by atoms with Crippen LogP contribution in [0.15, 0.2) is 48.5 Å². The van der Waals surface area contributed by atoms with Gasteiger partial charge in [-0.05, 0) is 61.9 Å². The largest absolute Gasteiger partial charge is 0.491 e. The molecule has 0 radical (unpaired) electrons. The summed E-state index contributed by atoms with van der Waals surface area (Å²) in [6.07, 6.45) is 1.07. The fraction of sp³-hybridized carbons (Fsp3) is 0.263. The first-order chi connectivity index (χ1) is 11.5. The highest BCUT2D eigenvalue weighted by atomic mass is 16.5. The maximum Gasteiger partial charge on any atom is 0.255 e. The normalized spacial score (nSPS) is 11.5. The predicted octanol–water partition coefficient (Wildman–Crippen LogP) is 4.07. The molecule has 1 unspecified atom stereocenters. The first-order valence-corrected chi connectivity index (χ1v) is 7.93. The Labute approximate surface area is 142 Å². The van der Waals surface area contributed by atoms with Crippen molar-refractivity contribution < 1.29 is 14.3 Å². The Morgan fingerprint density at radius 3 is 2.00 bits per heavy atom. The summed E-state index contributed by atoms with van der Waals surface area (Å²) in [6, 6.07) is 14.0. The Hall–Kier alpha value is -2.82. The summed E-state index contributed by atoms with van der Waals surface area (Å²) < 4.78 is 5.70. The van der Waals surface area contributed by atoms with Crippen LogP contribution in [0.1, 0.15) is 37.6 Å². The van der Waals surface area contributed by atoms with E-state index < -0.39 is 0 Å². The van der Waals surface area contributed by atoms with E-state index in [0.29, 0.717) is 16.9 Å².